The van der Waals surface area contributed by atoms with Crippen LogP contribution in [0.1, 0.15) is 22.3 Å². The molecular weight excluding hydrogens is 238 g/mol. The molecule has 0 aliphatic rings. The molecule has 1 aromatic carbocycles. The molecule has 96 valence electrons. The zero-order chi connectivity index (χ0) is 13.5. The number of nitro benzene ring substituents is 1. The number of aliphatic hydroxyl groups is 1. The van der Waals surface area contributed by atoms with E-state index in [2.05, 4.69) is 4.74 Å². The lowest BCUT2D eigenvalue weighted by Crippen LogP contribution is -2.04. The molecule has 0 saturated carbocycles. The second-order valence-electron chi connectivity index (χ2n) is 3.43. The third-order valence-corrected chi connectivity index (χ3v) is 2.25. The van der Waals surface area contributed by atoms with Crippen molar-refractivity contribution < 1.29 is 19.6 Å². The number of hydrogen-bond donors (Lipinski definition) is 1. The molecule has 0 aromatic heterocycles. The van der Waals surface area contributed by atoms with Crippen LogP contribution in [0.25, 0.3) is 6.08 Å². The average molecular weight is 251 g/mol. The minimum absolute atomic E-state index is 0.00294. The van der Waals surface area contributed by atoms with Gasteiger partial charge in [0.15, 0.2) is 0 Å². The van der Waals surface area contributed by atoms with E-state index in [1.165, 1.54) is 25.3 Å². The van der Waals surface area contributed by atoms with Crippen LogP contribution in [-0.2, 0) is 4.74 Å². The number of esters is 1. The standard InChI is InChI=1S/C12H13NO5/c1-18-12(15)11-8-10(13(16)17)6-5-9(11)4-2-3-7-14/h2,4-6,8,14H,3,7H2,1H3. The van der Waals surface area contributed by atoms with Gasteiger partial charge in [-0.3, -0.25) is 10.1 Å². The first kappa shape index (κ1) is 13.9. The van der Waals surface area contributed by atoms with Crippen LogP contribution in [0.5, 0.6) is 0 Å². The summed E-state index contributed by atoms with van der Waals surface area (Å²) in [5, 5.41) is 19.3. The van der Waals surface area contributed by atoms with Gasteiger partial charge in [0.1, 0.15) is 0 Å². The number of non-ortho nitro benzene ring substituents is 1. The molecule has 18 heavy (non-hydrogen) atoms. The van der Waals surface area contributed by atoms with E-state index >= 15 is 0 Å². The van der Waals surface area contributed by atoms with Crippen molar-refractivity contribution in [3.63, 3.8) is 0 Å². The number of benzene rings is 1. The number of hydrogen-bond acceptors (Lipinski definition) is 5. The molecule has 0 fully saturated rings. The summed E-state index contributed by atoms with van der Waals surface area (Å²) in [6, 6.07) is 3.95. The maximum absolute atomic E-state index is 11.5. The summed E-state index contributed by atoms with van der Waals surface area (Å²) in [4.78, 5) is 21.6. The Morgan fingerprint density at radius 2 is 2.28 bits per heavy atom. The first-order chi connectivity index (χ1) is 8.60. The third-order valence-electron chi connectivity index (χ3n) is 2.25. The summed E-state index contributed by atoms with van der Waals surface area (Å²) < 4.78 is 4.57. The Balaban J connectivity index is 3.16. The molecule has 0 spiro atoms. The van der Waals surface area contributed by atoms with Crippen LogP contribution in [0.4, 0.5) is 5.69 Å². The predicted molar refractivity (Wildman–Crippen MR) is 65.2 cm³/mol. The lowest BCUT2D eigenvalue weighted by molar-refractivity contribution is -0.384. The lowest BCUT2D eigenvalue weighted by Gasteiger charge is -2.03. The van der Waals surface area contributed by atoms with Crippen molar-refractivity contribution in [3.05, 3.63) is 45.5 Å². The highest BCUT2D eigenvalue weighted by Gasteiger charge is 2.15. The number of rotatable bonds is 5. The summed E-state index contributed by atoms with van der Waals surface area (Å²) in [6.07, 6.45) is 3.73. The second-order valence-corrected chi connectivity index (χ2v) is 3.43. The Morgan fingerprint density at radius 1 is 1.56 bits per heavy atom. The fourth-order valence-corrected chi connectivity index (χ4v) is 1.37. The van der Waals surface area contributed by atoms with Crippen molar-refractivity contribution in [2.75, 3.05) is 13.7 Å². The van der Waals surface area contributed by atoms with Gasteiger partial charge >= 0.3 is 5.97 Å². The third kappa shape index (κ3) is 3.39. The van der Waals surface area contributed by atoms with Crippen LogP contribution in [0.3, 0.4) is 0 Å². The van der Waals surface area contributed by atoms with Gasteiger partial charge in [-0.1, -0.05) is 12.2 Å². The van der Waals surface area contributed by atoms with Gasteiger partial charge in [-0.2, -0.15) is 0 Å². The van der Waals surface area contributed by atoms with Crippen molar-refractivity contribution >= 4 is 17.7 Å². The second kappa shape index (κ2) is 6.51. The Labute approximate surface area is 104 Å². The van der Waals surface area contributed by atoms with Crippen LogP contribution >= 0.6 is 0 Å². The van der Waals surface area contributed by atoms with Gasteiger partial charge in [0.05, 0.1) is 17.6 Å². The minimum Gasteiger partial charge on any atom is -0.465 e. The summed E-state index contributed by atoms with van der Waals surface area (Å²) in [5.74, 6) is -0.637. The van der Waals surface area contributed by atoms with Crippen LogP contribution in [0.2, 0.25) is 0 Å². The monoisotopic (exact) mass is 251 g/mol. The smallest absolute Gasteiger partial charge is 0.338 e. The first-order valence-electron chi connectivity index (χ1n) is 5.24. The molecule has 1 rings (SSSR count). The van der Waals surface area contributed by atoms with Gasteiger partial charge in [-0.15, -0.1) is 0 Å². The predicted octanol–water partition coefficient (Wildman–Crippen LogP) is 1.78. The van der Waals surface area contributed by atoms with Crippen LogP contribution in [0, 0.1) is 10.1 Å². The number of nitro groups is 1. The van der Waals surface area contributed by atoms with Gasteiger partial charge in [0.25, 0.3) is 5.69 Å². The summed E-state index contributed by atoms with van der Waals surface area (Å²) in [5.41, 5.74) is 0.469. The van der Waals surface area contributed by atoms with E-state index in [0.29, 0.717) is 12.0 Å². The van der Waals surface area contributed by atoms with Crippen molar-refractivity contribution in [3.8, 4) is 0 Å². The van der Waals surface area contributed by atoms with Gasteiger partial charge in [0.2, 0.25) is 0 Å². The zero-order valence-corrected chi connectivity index (χ0v) is 9.83. The van der Waals surface area contributed by atoms with Crippen LogP contribution in [-0.4, -0.2) is 29.7 Å². The molecule has 0 unspecified atom stereocenters. The van der Waals surface area contributed by atoms with E-state index in [4.69, 9.17) is 5.11 Å². The quantitative estimate of drug-likeness (QED) is 0.489. The summed E-state index contributed by atoms with van der Waals surface area (Å²) >= 11 is 0. The highest BCUT2D eigenvalue weighted by atomic mass is 16.6. The fraction of sp³-hybridized carbons (Fsp3) is 0.250. The molecule has 0 aliphatic heterocycles. The van der Waals surface area contributed by atoms with Crippen LogP contribution < -0.4 is 0 Å². The Kier molecular flexibility index (Phi) is 5.01. The van der Waals surface area contributed by atoms with Crippen molar-refractivity contribution in [1.29, 1.82) is 0 Å². The molecule has 0 saturated heterocycles. The highest BCUT2D eigenvalue weighted by Crippen LogP contribution is 2.20. The molecule has 0 bridgehead atoms. The van der Waals surface area contributed by atoms with E-state index in [1.54, 1.807) is 12.2 Å². The number of carbonyl (C=O) groups excluding carboxylic acids is 1. The van der Waals surface area contributed by atoms with Crippen molar-refractivity contribution in [1.82, 2.24) is 0 Å². The highest BCUT2D eigenvalue weighted by molar-refractivity contribution is 5.94. The summed E-state index contributed by atoms with van der Waals surface area (Å²) in [7, 11) is 1.21. The fourth-order valence-electron chi connectivity index (χ4n) is 1.37. The molecule has 6 heteroatoms. The SMILES string of the molecule is COC(=O)c1cc([N+](=O)[O-])ccc1C=CCCO. The number of aliphatic hydroxyl groups excluding tert-OH is 1. The molecule has 0 radical (unpaired) electrons. The van der Waals surface area contributed by atoms with E-state index in [9.17, 15) is 14.9 Å². The zero-order valence-electron chi connectivity index (χ0n) is 9.83. The molecule has 0 aliphatic carbocycles. The van der Waals surface area contributed by atoms with Gasteiger partial charge in [-0.25, -0.2) is 4.79 Å². The molecule has 6 nitrogen and oxygen atoms in total. The minimum atomic E-state index is -0.637. The molecular formula is C12H13NO5. The van der Waals surface area contributed by atoms with Gasteiger partial charge in [0, 0.05) is 18.7 Å². The number of ether oxygens (including phenoxy) is 1. The average Bonchev–Trinajstić information content (AvgIpc) is 2.38. The van der Waals surface area contributed by atoms with E-state index < -0.39 is 10.9 Å². The van der Waals surface area contributed by atoms with Crippen molar-refractivity contribution in [2.45, 2.75) is 6.42 Å². The van der Waals surface area contributed by atoms with E-state index in [1.807, 2.05) is 0 Å². The van der Waals surface area contributed by atoms with Crippen LogP contribution in [0.15, 0.2) is 24.3 Å². The Morgan fingerprint density at radius 3 is 2.83 bits per heavy atom. The van der Waals surface area contributed by atoms with E-state index in [-0.39, 0.29) is 17.9 Å². The molecule has 0 heterocycles. The normalized spacial score (nSPS) is 10.6. The molecule has 1 aromatic rings. The lowest BCUT2D eigenvalue weighted by atomic mass is 10.1. The Hall–Kier alpha value is -2.21. The number of methoxy groups -OCH3 is 1. The van der Waals surface area contributed by atoms with E-state index in [0.717, 1.165) is 0 Å². The number of nitrogens with zero attached hydrogens (tertiary/aromatic N) is 1. The van der Waals surface area contributed by atoms with Gasteiger partial charge < -0.3 is 9.84 Å². The maximum Gasteiger partial charge on any atom is 0.338 e. The summed E-state index contributed by atoms with van der Waals surface area (Å²) in [6.45, 7) is -0.00294. The maximum atomic E-state index is 11.5. The first-order valence-corrected chi connectivity index (χ1v) is 5.24. The van der Waals surface area contributed by atoms with Gasteiger partial charge in [-0.05, 0) is 18.1 Å². The largest absolute Gasteiger partial charge is 0.465 e. The number of carbonyl (C=O) groups is 1. The molecule has 0 atom stereocenters. The topological polar surface area (TPSA) is 89.7 Å². The Bertz CT molecular complexity index is 481. The molecule has 0 amide bonds. The molecule has 1 N–H and O–H groups in total. The van der Waals surface area contributed by atoms with Crippen molar-refractivity contribution in [2.24, 2.45) is 0 Å².